The summed E-state index contributed by atoms with van der Waals surface area (Å²) in [5.74, 6) is 0.816. The Hall–Kier alpha value is -3.67. The van der Waals surface area contributed by atoms with Crippen molar-refractivity contribution in [3.8, 4) is 5.75 Å². The first kappa shape index (κ1) is 20.6. The van der Waals surface area contributed by atoms with Gasteiger partial charge in [-0.05, 0) is 42.7 Å². The van der Waals surface area contributed by atoms with Crippen molar-refractivity contribution in [2.75, 3.05) is 16.8 Å². The van der Waals surface area contributed by atoms with Gasteiger partial charge in [0.1, 0.15) is 0 Å². The first-order valence-electron chi connectivity index (χ1n) is 10.5. The lowest BCUT2D eigenvalue weighted by atomic mass is 10.1. The maximum absolute atomic E-state index is 13.2. The molecule has 2 heterocycles. The van der Waals surface area contributed by atoms with Crippen LogP contribution < -0.4 is 15.0 Å². The van der Waals surface area contributed by atoms with Gasteiger partial charge in [-0.25, -0.2) is 4.98 Å². The Kier molecular flexibility index (Phi) is 6.26. The maximum Gasteiger partial charge on any atom is 0.274 e. The number of amides is 2. The number of hydrogen-bond acceptors (Lipinski definition) is 4. The van der Waals surface area contributed by atoms with Crippen LogP contribution in [-0.4, -0.2) is 23.3 Å². The summed E-state index contributed by atoms with van der Waals surface area (Å²) in [4.78, 5) is 31.6. The van der Waals surface area contributed by atoms with Crippen molar-refractivity contribution in [3.05, 3.63) is 84.1 Å². The number of aromatic nitrogens is 1. The van der Waals surface area contributed by atoms with E-state index in [1.54, 1.807) is 17.2 Å². The Morgan fingerprint density at radius 3 is 2.74 bits per heavy atom. The highest BCUT2D eigenvalue weighted by molar-refractivity contribution is 5.99. The van der Waals surface area contributed by atoms with Crippen molar-refractivity contribution in [2.45, 2.75) is 32.3 Å². The number of ether oxygens (including phenoxy) is 1. The van der Waals surface area contributed by atoms with Crippen molar-refractivity contribution in [3.63, 3.8) is 0 Å². The number of nitrogens with zero attached hydrogens (tertiary/aromatic N) is 2. The summed E-state index contributed by atoms with van der Waals surface area (Å²) in [5, 5.41) is 2.94. The molecule has 1 atom stereocenters. The molecule has 1 aromatic heterocycles. The molecule has 2 amide bonds. The summed E-state index contributed by atoms with van der Waals surface area (Å²) in [6, 6.07) is 20.8. The van der Waals surface area contributed by atoms with E-state index in [-0.39, 0.29) is 11.8 Å². The fourth-order valence-corrected chi connectivity index (χ4v) is 3.64. The van der Waals surface area contributed by atoms with E-state index in [0.29, 0.717) is 31.0 Å². The van der Waals surface area contributed by atoms with Gasteiger partial charge in [0.15, 0.2) is 11.6 Å². The van der Waals surface area contributed by atoms with Gasteiger partial charge in [0, 0.05) is 30.4 Å². The number of aryl methyl sites for hydroxylation is 1. The fourth-order valence-electron chi connectivity index (χ4n) is 3.64. The molecule has 1 aliphatic heterocycles. The van der Waals surface area contributed by atoms with Crippen molar-refractivity contribution < 1.29 is 14.3 Å². The third kappa shape index (κ3) is 4.74. The summed E-state index contributed by atoms with van der Waals surface area (Å²) in [7, 11) is 0. The van der Waals surface area contributed by atoms with E-state index in [2.05, 4.69) is 17.2 Å². The molecule has 1 N–H and O–H groups in total. The van der Waals surface area contributed by atoms with Gasteiger partial charge in [-0.2, -0.15) is 0 Å². The number of benzene rings is 2. The minimum absolute atomic E-state index is 0.0742. The number of hydrogen-bond donors (Lipinski definition) is 1. The molecular formula is C25H25N3O3. The zero-order chi connectivity index (χ0) is 21.6. The molecule has 31 heavy (non-hydrogen) atoms. The normalized spacial score (nSPS) is 15.2. The topological polar surface area (TPSA) is 71.5 Å². The van der Waals surface area contributed by atoms with E-state index in [1.807, 2.05) is 60.7 Å². The largest absolute Gasteiger partial charge is 0.472 e. The molecule has 0 spiro atoms. The molecule has 2 aromatic carbocycles. The molecule has 6 heteroatoms. The van der Waals surface area contributed by atoms with Crippen molar-refractivity contribution in [1.82, 2.24) is 4.98 Å². The SMILES string of the molecule is CCc1cccc(NC(=O)CCCN2C(=O)[C@H](c3ccccc3)Oc3cccnc32)c1. The van der Waals surface area contributed by atoms with E-state index >= 15 is 0 Å². The lowest BCUT2D eigenvalue weighted by Gasteiger charge is -2.33. The second-order valence-corrected chi connectivity index (χ2v) is 7.43. The monoisotopic (exact) mass is 415 g/mol. The summed E-state index contributed by atoms with van der Waals surface area (Å²) in [6.45, 7) is 2.47. The third-order valence-corrected chi connectivity index (χ3v) is 5.25. The lowest BCUT2D eigenvalue weighted by Crippen LogP contribution is -2.42. The van der Waals surface area contributed by atoms with Crippen LogP contribution >= 0.6 is 0 Å². The maximum atomic E-state index is 13.2. The molecule has 6 nitrogen and oxygen atoms in total. The molecule has 0 unspecified atom stereocenters. The number of pyridine rings is 1. The van der Waals surface area contributed by atoms with Gasteiger partial charge in [-0.1, -0.05) is 49.4 Å². The highest BCUT2D eigenvalue weighted by Crippen LogP contribution is 2.37. The number of rotatable bonds is 7. The van der Waals surface area contributed by atoms with Crippen LogP contribution in [-0.2, 0) is 16.0 Å². The van der Waals surface area contributed by atoms with E-state index in [1.165, 1.54) is 5.56 Å². The van der Waals surface area contributed by atoms with Crippen LogP contribution in [0.3, 0.4) is 0 Å². The van der Waals surface area contributed by atoms with Gasteiger partial charge in [0.2, 0.25) is 12.0 Å². The number of nitrogens with one attached hydrogen (secondary N) is 1. The Morgan fingerprint density at radius 2 is 1.94 bits per heavy atom. The van der Waals surface area contributed by atoms with Gasteiger partial charge in [0.05, 0.1) is 0 Å². The molecule has 158 valence electrons. The highest BCUT2D eigenvalue weighted by Gasteiger charge is 2.36. The van der Waals surface area contributed by atoms with Crippen LogP contribution in [0, 0.1) is 0 Å². The predicted molar refractivity (Wildman–Crippen MR) is 120 cm³/mol. The zero-order valence-electron chi connectivity index (χ0n) is 17.5. The van der Waals surface area contributed by atoms with Crippen LogP contribution in [0.2, 0.25) is 0 Å². The van der Waals surface area contributed by atoms with Crippen LogP contribution in [0.15, 0.2) is 72.9 Å². The van der Waals surface area contributed by atoms with E-state index in [9.17, 15) is 9.59 Å². The number of anilines is 2. The number of fused-ring (bicyclic) bond motifs is 1. The van der Waals surface area contributed by atoms with Gasteiger partial charge < -0.3 is 10.1 Å². The van der Waals surface area contributed by atoms with E-state index < -0.39 is 6.10 Å². The van der Waals surface area contributed by atoms with Crippen molar-refractivity contribution >= 4 is 23.3 Å². The molecule has 4 rings (SSSR count). The Morgan fingerprint density at radius 1 is 1.10 bits per heavy atom. The van der Waals surface area contributed by atoms with Crippen LogP contribution in [0.25, 0.3) is 0 Å². The summed E-state index contributed by atoms with van der Waals surface area (Å²) < 4.78 is 5.96. The van der Waals surface area contributed by atoms with Gasteiger partial charge in [0.25, 0.3) is 5.91 Å². The summed E-state index contributed by atoms with van der Waals surface area (Å²) in [5.41, 5.74) is 2.76. The van der Waals surface area contributed by atoms with E-state index in [0.717, 1.165) is 17.7 Å². The molecule has 0 radical (unpaired) electrons. The van der Waals surface area contributed by atoms with Crippen LogP contribution in [0.1, 0.15) is 37.0 Å². The quantitative estimate of drug-likeness (QED) is 0.615. The number of carbonyl (C=O) groups excluding carboxylic acids is 2. The highest BCUT2D eigenvalue weighted by atomic mass is 16.5. The third-order valence-electron chi connectivity index (χ3n) is 5.25. The minimum atomic E-state index is -0.719. The van der Waals surface area contributed by atoms with Gasteiger partial charge in [-0.3, -0.25) is 14.5 Å². The molecule has 0 saturated heterocycles. The molecule has 0 fully saturated rings. The average molecular weight is 415 g/mol. The molecule has 0 saturated carbocycles. The van der Waals surface area contributed by atoms with Crippen molar-refractivity contribution in [2.24, 2.45) is 0 Å². The molecule has 3 aromatic rings. The summed E-state index contributed by atoms with van der Waals surface area (Å²) >= 11 is 0. The molecule has 1 aliphatic rings. The van der Waals surface area contributed by atoms with Crippen LogP contribution in [0.4, 0.5) is 11.5 Å². The van der Waals surface area contributed by atoms with Crippen molar-refractivity contribution in [1.29, 1.82) is 0 Å². The molecule has 0 bridgehead atoms. The second-order valence-electron chi connectivity index (χ2n) is 7.43. The lowest BCUT2D eigenvalue weighted by molar-refractivity contribution is -0.127. The Balaban J connectivity index is 1.43. The van der Waals surface area contributed by atoms with Gasteiger partial charge >= 0.3 is 0 Å². The first-order chi connectivity index (χ1) is 15.2. The Bertz CT molecular complexity index is 1070. The van der Waals surface area contributed by atoms with E-state index in [4.69, 9.17) is 4.74 Å². The average Bonchev–Trinajstić information content (AvgIpc) is 2.81. The Labute approximate surface area is 181 Å². The minimum Gasteiger partial charge on any atom is -0.472 e. The molecule has 0 aliphatic carbocycles. The fraction of sp³-hybridized carbons (Fsp3) is 0.240. The van der Waals surface area contributed by atoms with Crippen LogP contribution in [0.5, 0.6) is 5.75 Å². The number of carbonyl (C=O) groups is 2. The zero-order valence-corrected chi connectivity index (χ0v) is 17.5. The standard InChI is InChI=1S/C25H25N3O3/c1-2-18-9-6-12-20(17-18)27-22(29)14-8-16-28-24-21(13-7-15-26-24)31-23(25(28)30)19-10-4-3-5-11-19/h3-7,9-13,15,17,23H,2,8,14,16H2,1H3,(H,27,29)/t23-/m0/s1. The second kappa shape index (κ2) is 9.43. The smallest absolute Gasteiger partial charge is 0.274 e. The molecular weight excluding hydrogens is 390 g/mol. The van der Waals surface area contributed by atoms with Gasteiger partial charge in [-0.15, -0.1) is 0 Å². The summed E-state index contributed by atoms with van der Waals surface area (Å²) in [6.07, 6.45) is 2.65. The first-order valence-corrected chi connectivity index (χ1v) is 10.5. The predicted octanol–water partition coefficient (Wildman–Crippen LogP) is 4.53.